The Labute approximate surface area is 168 Å². The number of amides is 1. The molecule has 0 fully saturated rings. The number of carbonyl (C=O) groups is 1. The van der Waals surface area contributed by atoms with E-state index in [-0.39, 0.29) is 17.7 Å². The average Bonchev–Trinajstić information content (AvgIpc) is 2.69. The van der Waals surface area contributed by atoms with Crippen molar-refractivity contribution in [3.63, 3.8) is 0 Å². The second kappa shape index (κ2) is 8.39. The summed E-state index contributed by atoms with van der Waals surface area (Å²) in [6.45, 7) is 1.28. The second-order valence-electron chi connectivity index (χ2n) is 6.34. The summed E-state index contributed by atoms with van der Waals surface area (Å²) in [4.78, 5) is 24.8. The molecule has 1 aromatic heterocycles. The van der Waals surface area contributed by atoms with Gasteiger partial charge in [0.05, 0.1) is 18.5 Å². The summed E-state index contributed by atoms with van der Waals surface area (Å²) in [5.41, 5.74) is 0.409. The normalized spacial score (nSPS) is 12.4. The number of alkyl halides is 3. The third-order valence-corrected chi connectivity index (χ3v) is 4.21. The number of carbonyl (C=O) groups excluding carboxylic acids is 1. The van der Waals surface area contributed by atoms with Gasteiger partial charge in [-0.15, -0.1) is 18.3 Å². The maximum absolute atomic E-state index is 12.5. The Balaban J connectivity index is 1.68. The fourth-order valence-corrected chi connectivity index (χ4v) is 2.75. The number of nitrogens with one attached hydrogen (secondary N) is 1. The minimum absolute atomic E-state index is 0.284. The molecule has 3 rings (SSSR count). The largest absolute Gasteiger partial charge is 0.573 e. The molecule has 30 heavy (non-hydrogen) atoms. The van der Waals surface area contributed by atoms with Crippen LogP contribution in [0.5, 0.6) is 11.5 Å². The van der Waals surface area contributed by atoms with Crippen molar-refractivity contribution in [2.24, 2.45) is 0 Å². The molecule has 1 atom stereocenters. The zero-order chi connectivity index (χ0) is 21.9. The van der Waals surface area contributed by atoms with Crippen molar-refractivity contribution in [1.29, 1.82) is 0 Å². The molecule has 1 heterocycles. The lowest BCUT2D eigenvalue weighted by Gasteiger charge is -2.15. The minimum Gasteiger partial charge on any atom is -0.497 e. The number of rotatable bonds is 6. The summed E-state index contributed by atoms with van der Waals surface area (Å²) < 4.78 is 46.5. The van der Waals surface area contributed by atoms with Gasteiger partial charge in [-0.1, -0.05) is 17.3 Å². The molecule has 1 amide bonds. The molecule has 0 aliphatic carbocycles. The van der Waals surface area contributed by atoms with Crippen LogP contribution in [-0.2, 0) is 11.3 Å². The van der Waals surface area contributed by atoms with Crippen LogP contribution in [0.1, 0.15) is 18.5 Å². The lowest BCUT2D eigenvalue weighted by molar-refractivity contribution is -0.274. The van der Waals surface area contributed by atoms with E-state index in [1.54, 1.807) is 19.1 Å². The number of hydrogen-bond acceptors (Lipinski definition) is 6. The maximum atomic E-state index is 12.5. The van der Waals surface area contributed by atoms with Gasteiger partial charge >= 0.3 is 6.36 Å². The van der Waals surface area contributed by atoms with Gasteiger partial charge in [-0.25, -0.2) is 4.68 Å². The highest BCUT2D eigenvalue weighted by atomic mass is 19.4. The third kappa shape index (κ3) is 5.04. The monoisotopic (exact) mass is 422 g/mol. The predicted molar refractivity (Wildman–Crippen MR) is 100 cm³/mol. The van der Waals surface area contributed by atoms with Crippen molar-refractivity contribution in [2.45, 2.75) is 25.9 Å². The van der Waals surface area contributed by atoms with E-state index in [2.05, 4.69) is 20.4 Å². The Hall–Kier alpha value is -3.63. The van der Waals surface area contributed by atoms with Crippen molar-refractivity contribution in [2.75, 3.05) is 7.11 Å². The zero-order valence-corrected chi connectivity index (χ0v) is 15.9. The molecule has 158 valence electrons. The molecule has 1 unspecified atom stereocenters. The van der Waals surface area contributed by atoms with Crippen LogP contribution < -0.4 is 20.3 Å². The van der Waals surface area contributed by atoms with Crippen molar-refractivity contribution >= 4 is 16.8 Å². The van der Waals surface area contributed by atoms with Crippen molar-refractivity contribution < 1.29 is 27.4 Å². The van der Waals surface area contributed by atoms with Crippen LogP contribution in [0.2, 0.25) is 0 Å². The number of halogens is 3. The molecule has 8 nitrogen and oxygen atoms in total. The van der Waals surface area contributed by atoms with Crippen molar-refractivity contribution in [3.8, 4) is 11.5 Å². The Kier molecular flexibility index (Phi) is 5.90. The summed E-state index contributed by atoms with van der Waals surface area (Å²) in [7, 11) is 1.48. The van der Waals surface area contributed by atoms with E-state index in [4.69, 9.17) is 4.74 Å². The van der Waals surface area contributed by atoms with Gasteiger partial charge in [0.2, 0.25) is 5.91 Å². The molecule has 0 aliphatic rings. The molecule has 3 aromatic rings. The van der Waals surface area contributed by atoms with E-state index in [0.29, 0.717) is 16.8 Å². The summed E-state index contributed by atoms with van der Waals surface area (Å²) in [5, 5.41) is 10.6. The Bertz CT molecular complexity index is 1110. The Morgan fingerprint density at radius 2 is 1.83 bits per heavy atom. The quantitative estimate of drug-likeness (QED) is 0.656. The van der Waals surface area contributed by atoms with Crippen LogP contribution in [0.4, 0.5) is 13.2 Å². The molecule has 11 heteroatoms. The summed E-state index contributed by atoms with van der Waals surface area (Å²) in [6, 6.07) is 9.28. The number of methoxy groups -OCH3 is 1. The van der Waals surface area contributed by atoms with Crippen LogP contribution >= 0.6 is 0 Å². The number of hydrogen-bond donors (Lipinski definition) is 1. The van der Waals surface area contributed by atoms with Gasteiger partial charge in [-0.05, 0) is 36.8 Å². The van der Waals surface area contributed by atoms with Crippen molar-refractivity contribution in [3.05, 3.63) is 58.4 Å². The first-order chi connectivity index (χ1) is 14.2. The topological polar surface area (TPSA) is 95.3 Å². The standard InChI is InChI=1S/C19H17F3N4O4/c1-11(12-3-5-13(6-4-12)30-19(20,21)22)23-17(27)10-26-18(28)15-8-7-14(29-2)9-16(15)24-25-26/h3-9,11H,10H2,1-2H3,(H,23,27). The highest BCUT2D eigenvalue weighted by Gasteiger charge is 2.31. The van der Waals surface area contributed by atoms with Crippen LogP contribution in [0.25, 0.3) is 10.9 Å². The van der Waals surface area contributed by atoms with Gasteiger partial charge in [0.25, 0.3) is 5.56 Å². The Morgan fingerprint density at radius 3 is 2.47 bits per heavy atom. The van der Waals surface area contributed by atoms with Crippen LogP contribution in [0.15, 0.2) is 47.3 Å². The van der Waals surface area contributed by atoms with Gasteiger partial charge in [0, 0.05) is 6.07 Å². The third-order valence-electron chi connectivity index (χ3n) is 4.21. The van der Waals surface area contributed by atoms with E-state index in [9.17, 15) is 22.8 Å². The highest BCUT2D eigenvalue weighted by molar-refractivity contribution is 5.79. The minimum atomic E-state index is -4.78. The van der Waals surface area contributed by atoms with Gasteiger partial charge in [-0.2, -0.15) is 0 Å². The molecule has 0 spiro atoms. The smallest absolute Gasteiger partial charge is 0.497 e. The summed E-state index contributed by atoms with van der Waals surface area (Å²) in [5.74, 6) is -0.353. The first-order valence-corrected chi connectivity index (χ1v) is 8.73. The average molecular weight is 422 g/mol. The van der Waals surface area contributed by atoms with Crippen LogP contribution in [0.3, 0.4) is 0 Å². The lowest BCUT2D eigenvalue weighted by Crippen LogP contribution is -2.35. The molecule has 2 aromatic carbocycles. The fourth-order valence-electron chi connectivity index (χ4n) is 2.75. The first-order valence-electron chi connectivity index (χ1n) is 8.73. The van der Waals surface area contributed by atoms with Gasteiger partial charge < -0.3 is 14.8 Å². The fraction of sp³-hybridized carbons (Fsp3) is 0.263. The Morgan fingerprint density at radius 1 is 1.17 bits per heavy atom. The van der Waals surface area contributed by atoms with E-state index in [1.165, 1.54) is 25.3 Å². The molecular weight excluding hydrogens is 405 g/mol. The second-order valence-corrected chi connectivity index (χ2v) is 6.34. The van der Waals surface area contributed by atoms with E-state index < -0.39 is 23.9 Å². The van der Waals surface area contributed by atoms with Gasteiger partial charge in [-0.3, -0.25) is 9.59 Å². The first kappa shape index (κ1) is 21.1. The van der Waals surface area contributed by atoms with Crippen molar-refractivity contribution in [1.82, 2.24) is 20.3 Å². The number of aromatic nitrogens is 3. The number of fused-ring (bicyclic) bond motifs is 1. The van der Waals surface area contributed by atoms with Gasteiger partial charge in [0.15, 0.2) is 0 Å². The van der Waals surface area contributed by atoms with Gasteiger partial charge in [0.1, 0.15) is 23.6 Å². The van der Waals surface area contributed by atoms with Crippen LogP contribution in [0, 0.1) is 0 Å². The predicted octanol–water partition coefficient (Wildman–Crippen LogP) is 2.58. The number of benzene rings is 2. The SMILES string of the molecule is COc1ccc2c(=O)n(CC(=O)NC(C)c3ccc(OC(F)(F)F)cc3)nnc2c1. The zero-order valence-electron chi connectivity index (χ0n) is 15.9. The molecule has 0 saturated carbocycles. The molecular formula is C19H17F3N4O4. The van der Waals surface area contributed by atoms with E-state index >= 15 is 0 Å². The van der Waals surface area contributed by atoms with Crippen LogP contribution in [-0.4, -0.2) is 34.4 Å². The molecule has 0 saturated heterocycles. The molecule has 0 bridgehead atoms. The lowest BCUT2D eigenvalue weighted by atomic mass is 10.1. The van der Waals surface area contributed by atoms with E-state index in [1.807, 2.05) is 0 Å². The van der Waals surface area contributed by atoms with E-state index in [0.717, 1.165) is 16.8 Å². The molecule has 0 aliphatic heterocycles. The molecule has 1 N–H and O–H groups in total. The summed E-state index contributed by atoms with van der Waals surface area (Å²) >= 11 is 0. The maximum Gasteiger partial charge on any atom is 0.573 e. The summed E-state index contributed by atoms with van der Waals surface area (Å²) in [6.07, 6.45) is -4.78. The number of ether oxygens (including phenoxy) is 2. The number of nitrogens with zero attached hydrogens (tertiary/aromatic N) is 3. The molecule has 0 radical (unpaired) electrons. The highest BCUT2D eigenvalue weighted by Crippen LogP contribution is 2.24.